The topological polar surface area (TPSA) is 59.8 Å². The van der Waals surface area contributed by atoms with Gasteiger partial charge >= 0.3 is 0 Å². The number of carbonyl (C=O) groups is 1. The molecule has 1 atom stereocenters. The molecule has 0 spiro atoms. The summed E-state index contributed by atoms with van der Waals surface area (Å²) in [6, 6.07) is 14.3. The quantitative estimate of drug-likeness (QED) is 0.321. The second kappa shape index (κ2) is 11.1. The molecule has 0 saturated heterocycles. The highest BCUT2D eigenvalue weighted by Crippen LogP contribution is 2.28. The van der Waals surface area contributed by atoms with E-state index in [9.17, 15) is 9.18 Å². The van der Waals surface area contributed by atoms with Gasteiger partial charge in [-0.2, -0.15) is 0 Å². The van der Waals surface area contributed by atoms with Gasteiger partial charge in [0.15, 0.2) is 11.0 Å². The van der Waals surface area contributed by atoms with E-state index in [4.69, 9.17) is 0 Å². The standard InChI is InChI=1S/C24H29FN4OS/c1-4-5-6-7-22(30)26-18(3)23-27-28-24(29(23)21-14-8-17(2)9-15-21)31-16-19-10-12-20(25)13-11-19/h8-15,18H,4-7,16H2,1-3H3,(H,26,30). The van der Waals surface area contributed by atoms with Crippen molar-refractivity contribution in [2.45, 2.75) is 63.4 Å². The number of benzene rings is 2. The smallest absolute Gasteiger partial charge is 0.220 e. The fraction of sp³-hybridized carbons (Fsp3) is 0.375. The lowest BCUT2D eigenvalue weighted by Gasteiger charge is -2.16. The molecule has 2 aromatic carbocycles. The summed E-state index contributed by atoms with van der Waals surface area (Å²) in [7, 11) is 0. The molecule has 0 fully saturated rings. The Morgan fingerprint density at radius 2 is 1.81 bits per heavy atom. The Hall–Kier alpha value is -2.67. The third-order valence-electron chi connectivity index (χ3n) is 5.00. The Balaban J connectivity index is 1.82. The summed E-state index contributed by atoms with van der Waals surface area (Å²) in [5.74, 6) is 1.11. The maximum absolute atomic E-state index is 13.2. The number of nitrogens with zero attached hydrogens (tertiary/aromatic N) is 3. The lowest BCUT2D eigenvalue weighted by molar-refractivity contribution is -0.121. The molecule has 7 heteroatoms. The number of aromatic nitrogens is 3. The molecule has 1 heterocycles. The van der Waals surface area contributed by atoms with E-state index in [1.807, 2.05) is 42.7 Å². The van der Waals surface area contributed by atoms with Gasteiger partial charge in [0.1, 0.15) is 5.82 Å². The van der Waals surface area contributed by atoms with E-state index >= 15 is 0 Å². The number of carbonyl (C=O) groups excluding carboxylic acids is 1. The fourth-order valence-electron chi connectivity index (χ4n) is 3.23. The second-order valence-electron chi connectivity index (χ2n) is 7.67. The Morgan fingerprint density at radius 3 is 2.48 bits per heavy atom. The highest BCUT2D eigenvalue weighted by Gasteiger charge is 2.21. The van der Waals surface area contributed by atoms with Gasteiger partial charge in [-0.1, -0.05) is 61.4 Å². The van der Waals surface area contributed by atoms with E-state index in [-0.39, 0.29) is 17.8 Å². The van der Waals surface area contributed by atoms with Gasteiger partial charge in [-0.05, 0) is 50.1 Å². The van der Waals surface area contributed by atoms with Crippen LogP contribution in [0, 0.1) is 12.7 Å². The lowest BCUT2D eigenvalue weighted by atomic mass is 10.2. The molecule has 0 aliphatic heterocycles. The van der Waals surface area contributed by atoms with E-state index in [0.29, 0.717) is 18.0 Å². The highest BCUT2D eigenvalue weighted by atomic mass is 32.2. The van der Waals surface area contributed by atoms with Crippen LogP contribution in [0.2, 0.25) is 0 Å². The minimum absolute atomic E-state index is 0.0277. The first-order valence-electron chi connectivity index (χ1n) is 10.7. The summed E-state index contributed by atoms with van der Waals surface area (Å²) >= 11 is 1.53. The molecule has 5 nitrogen and oxygen atoms in total. The molecule has 0 aliphatic carbocycles. The fourth-order valence-corrected chi connectivity index (χ4v) is 4.15. The van der Waals surface area contributed by atoms with Crippen LogP contribution in [0.25, 0.3) is 5.69 Å². The maximum Gasteiger partial charge on any atom is 0.220 e. The zero-order valence-electron chi connectivity index (χ0n) is 18.3. The van der Waals surface area contributed by atoms with E-state index < -0.39 is 0 Å². The molecule has 31 heavy (non-hydrogen) atoms. The van der Waals surface area contributed by atoms with Crippen molar-refractivity contribution in [3.8, 4) is 5.69 Å². The van der Waals surface area contributed by atoms with Crippen LogP contribution in [0.3, 0.4) is 0 Å². The van der Waals surface area contributed by atoms with Gasteiger partial charge in [0, 0.05) is 17.9 Å². The molecule has 1 aromatic heterocycles. The SMILES string of the molecule is CCCCCC(=O)NC(C)c1nnc(SCc2ccc(F)cc2)n1-c1ccc(C)cc1. The molecule has 1 unspecified atom stereocenters. The van der Waals surface area contributed by atoms with Crippen molar-refractivity contribution in [3.63, 3.8) is 0 Å². The van der Waals surface area contributed by atoms with Crippen molar-refractivity contribution in [3.05, 3.63) is 71.3 Å². The average Bonchev–Trinajstić information content (AvgIpc) is 3.18. The normalized spacial score (nSPS) is 12.0. The zero-order valence-corrected chi connectivity index (χ0v) is 19.1. The van der Waals surface area contributed by atoms with Crippen LogP contribution >= 0.6 is 11.8 Å². The van der Waals surface area contributed by atoms with Gasteiger partial charge in [-0.25, -0.2) is 4.39 Å². The molecule has 0 saturated carbocycles. The van der Waals surface area contributed by atoms with Crippen LogP contribution in [0.5, 0.6) is 0 Å². The van der Waals surface area contributed by atoms with E-state index in [0.717, 1.165) is 41.2 Å². The summed E-state index contributed by atoms with van der Waals surface area (Å²) in [4.78, 5) is 12.3. The van der Waals surface area contributed by atoms with Crippen molar-refractivity contribution < 1.29 is 9.18 Å². The van der Waals surface area contributed by atoms with Crippen LogP contribution in [-0.4, -0.2) is 20.7 Å². The van der Waals surface area contributed by atoms with Crippen LogP contribution in [0.1, 0.15) is 62.5 Å². The van der Waals surface area contributed by atoms with Crippen LogP contribution in [0.15, 0.2) is 53.7 Å². The summed E-state index contributed by atoms with van der Waals surface area (Å²) in [5, 5.41) is 12.6. The van der Waals surface area contributed by atoms with Gasteiger partial charge in [0.2, 0.25) is 5.91 Å². The van der Waals surface area contributed by atoms with E-state index in [1.165, 1.54) is 23.9 Å². The van der Waals surface area contributed by atoms with Crippen LogP contribution < -0.4 is 5.32 Å². The van der Waals surface area contributed by atoms with Crippen molar-refractivity contribution in [2.24, 2.45) is 0 Å². The number of thioether (sulfide) groups is 1. The number of nitrogens with one attached hydrogen (secondary N) is 1. The van der Waals surface area contributed by atoms with Gasteiger partial charge in [-0.15, -0.1) is 10.2 Å². The first kappa shape index (κ1) is 23.0. The number of aryl methyl sites for hydroxylation is 1. The van der Waals surface area contributed by atoms with Crippen molar-refractivity contribution in [1.29, 1.82) is 0 Å². The molecular formula is C24H29FN4OS. The molecule has 1 amide bonds. The Labute approximate surface area is 187 Å². The Kier molecular flexibility index (Phi) is 8.23. The maximum atomic E-state index is 13.2. The lowest BCUT2D eigenvalue weighted by Crippen LogP contribution is -2.28. The molecule has 0 aliphatic rings. The van der Waals surface area contributed by atoms with Crippen molar-refractivity contribution in [1.82, 2.24) is 20.1 Å². The third kappa shape index (κ3) is 6.40. The minimum atomic E-state index is -0.275. The molecule has 1 N–H and O–H groups in total. The van der Waals surface area contributed by atoms with Crippen LogP contribution in [0.4, 0.5) is 4.39 Å². The predicted octanol–water partition coefficient (Wildman–Crippen LogP) is 5.76. The summed E-state index contributed by atoms with van der Waals surface area (Å²) < 4.78 is 15.2. The van der Waals surface area contributed by atoms with Crippen molar-refractivity contribution >= 4 is 17.7 Å². The number of amides is 1. The highest BCUT2D eigenvalue weighted by molar-refractivity contribution is 7.98. The average molecular weight is 441 g/mol. The first-order chi connectivity index (χ1) is 15.0. The summed E-state index contributed by atoms with van der Waals surface area (Å²) in [6.45, 7) is 6.09. The first-order valence-corrected chi connectivity index (χ1v) is 11.7. The van der Waals surface area contributed by atoms with E-state index in [1.54, 1.807) is 12.1 Å². The van der Waals surface area contributed by atoms with Crippen molar-refractivity contribution in [2.75, 3.05) is 0 Å². The van der Waals surface area contributed by atoms with Gasteiger partial charge < -0.3 is 5.32 Å². The molecule has 3 rings (SSSR count). The zero-order chi connectivity index (χ0) is 22.2. The second-order valence-corrected chi connectivity index (χ2v) is 8.62. The minimum Gasteiger partial charge on any atom is -0.346 e. The number of halogens is 1. The largest absolute Gasteiger partial charge is 0.346 e. The Bertz CT molecular complexity index is 986. The number of unbranched alkanes of at least 4 members (excludes halogenated alkanes) is 2. The third-order valence-corrected chi connectivity index (χ3v) is 6.00. The van der Waals surface area contributed by atoms with Gasteiger partial charge in [0.05, 0.1) is 6.04 Å². The number of hydrogen-bond acceptors (Lipinski definition) is 4. The van der Waals surface area contributed by atoms with E-state index in [2.05, 4.69) is 22.4 Å². The molecule has 3 aromatic rings. The van der Waals surface area contributed by atoms with Crippen LogP contribution in [-0.2, 0) is 10.5 Å². The van der Waals surface area contributed by atoms with Gasteiger partial charge in [-0.3, -0.25) is 9.36 Å². The summed E-state index contributed by atoms with van der Waals surface area (Å²) in [6.07, 6.45) is 3.53. The monoisotopic (exact) mass is 440 g/mol. The Morgan fingerprint density at radius 1 is 1.10 bits per heavy atom. The summed E-state index contributed by atoms with van der Waals surface area (Å²) in [5.41, 5.74) is 3.11. The molecule has 0 bridgehead atoms. The molecule has 0 radical (unpaired) electrons. The number of rotatable bonds is 10. The molecule has 164 valence electrons. The predicted molar refractivity (Wildman–Crippen MR) is 123 cm³/mol. The number of hydrogen-bond donors (Lipinski definition) is 1. The van der Waals surface area contributed by atoms with Gasteiger partial charge in [0.25, 0.3) is 0 Å². The molecular weight excluding hydrogens is 411 g/mol.